The van der Waals surface area contributed by atoms with Crippen molar-refractivity contribution in [3.63, 3.8) is 0 Å². The van der Waals surface area contributed by atoms with Gasteiger partial charge in [0, 0.05) is 31.3 Å². The van der Waals surface area contributed by atoms with E-state index in [1.165, 1.54) is 18.2 Å². The van der Waals surface area contributed by atoms with Gasteiger partial charge in [-0.15, -0.1) is 0 Å². The molecule has 1 saturated heterocycles. The van der Waals surface area contributed by atoms with Crippen molar-refractivity contribution in [1.29, 1.82) is 0 Å². The summed E-state index contributed by atoms with van der Waals surface area (Å²) in [7, 11) is 3.80. The van der Waals surface area contributed by atoms with Crippen molar-refractivity contribution >= 4 is 17.3 Å². The van der Waals surface area contributed by atoms with Crippen molar-refractivity contribution in [2.75, 3.05) is 32.9 Å². The SMILES string of the molecule is CN1CCCC(N(C)C(=O)c2ccc([N+](=O)[O-])c(N)c2)C1. The van der Waals surface area contributed by atoms with E-state index in [2.05, 4.69) is 4.90 Å². The summed E-state index contributed by atoms with van der Waals surface area (Å²) < 4.78 is 0. The molecule has 1 fully saturated rings. The van der Waals surface area contributed by atoms with Crippen LogP contribution in [0.1, 0.15) is 23.2 Å². The van der Waals surface area contributed by atoms with Crippen LogP contribution in [0.3, 0.4) is 0 Å². The number of anilines is 1. The van der Waals surface area contributed by atoms with Gasteiger partial charge in [0.2, 0.25) is 0 Å². The molecule has 1 aromatic rings. The number of nitro groups is 1. The zero-order valence-electron chi connectivity index (χ0n) is 12.3. The molecule has 1 atom stereocenters. The van der Waals surface area contributed by atoms with Crippen LogP contribution in [0.4, 0.5) is 11.4 Å². The fraction of sp³-hybridized carbons (Fsp3) is 0.500. The molecule has 0 radical (unpaired) electrons. The third-order valence-electron chi connectivity index (χ3n) is 3.94. The molecule has 2 N–H and O–H groups in total. The van der Waals surface area contributed by atoms with Crippen LogP contribution in [0, 0.1) is 10.1 Å². The summed E-state index contributed by atoms with van der Waals surface area (Å²) in [4.78, 5) is 26.6. The van der Waals surface area contributed by atoms with Crippen molar-refractivity contribution in [1.82, 2.24) is 9.80 Å². The molecule has 114 valence electrons. The topological polar surface area (TPSA) is 92.7 Å². The Labute approximate surface area is 123 Å². The first-order valence-electron chi connectivity index (χ1n) is 6.89. The number of carbonyl (C=O) groups excluding carboxylic acids is 1. The lowest BCUT2D eigenvalue weighted by atomic mass is 10.0. The summed E-state index contributed by atoms with van der Waals surface area (Å²) >= 11 is 0. The molecule has 0 aromatic heterocycles. The summed E-state index contributed by atoms with van der Waals surface area (Å²) in [6.45, 7) is 1.88. The second-order valence-corrected chi connectivity index (χ2v) is 5.51. The lowest BCUT2D eigenvalue weighted by Crippen LogP contribution is -2.47. The molecule has 21 heavy (non-hydrogen) atoms. The molecule has 1 aliphatic rings. The maximum absolute atomic E-state index is 12.5. The van der Waals surface area contributed by atoms with Crippen LogP contribution in [0.25, 0.3) is 0 Å². The van der Waals surface area contributed by atoms with Gasteiger partial charge in [-0.25, -0.2) is 0 Å². The monoisotopic (exact) mass is 292 g/mol. The molecule has 0 aliphatic carbocycles. The third kappa shape index (κ3) is 3.30. The van der Waals surface area contributed by atoms with E-state index in [9.17, 15) is 14.9 Å². The summed E-state index contributed by atoms with van der Waals surface area (Å²) in [5.41, 5.74) is 5.86. The molecular weight excluding hydrogens is 272 g/mol. The van der Waals surface area contributed by atoms with E-state index in [0.717, 1.165) is 25.9 Å². The van der Waals surface area contributed by atoms with Gasteiger partial charge in [-0.05, 0) is 38.6 Å². The Bertz CT molecular complexity index is 561. The summed E-state index contributed by atoms with van der Waals surface area (Å²) in [5.74, 6) is -0.156. The summed E-state index contributed by atoms with van der Waals surface area (Å²) in [6, 6.07) is 4.28. The molecule has 1 aromatic carbocycles. The fourth-order valence-electron chi connectivity index (χ4n) is 2.68. The second-order valence-electron chi connectivity index (χ2n) is 5.51. The van der Waals surface area contributed by atoms with Gasteiger partial charge in [0.1, 0.15) is 5.69 Å². The summed E-state index contributed by atoms with van der Waals surface area (Å²) in [5, 5.41) is 10.7. The van der Waals surface area contributed by atoms with Crippen LogP contribution in [0.2, 0.25) is 0 Å². The highest BCUT2D eigenvalue weighted by Gasteiger charge is 2.26. The second kappa shape index (κ2) is 6.09. The number of likely N-dealkylation sites (N-methyl/N-ethyl adjacent to an activating group) is 2. The molecule has 2 rings (SSSR count). The quantitative estimate of drug-likeness (QED) is 0.515. The van der Waals surface area contributed by atoms with Crippen LogP contribution in [-0.2, 0) is 0 Å². The number of amides is 1. The van der Waals surface area contributed by atoms with E-state index in [4.69, 9.17) is 5.73 Å². The van der Waals surface area contributed by atoms with Gasteiger partial charge >= 0.3 is 0 Å². The minimum atomic E-state index is -0.552. The number of nitro benzene ring substituents is 1. The number of nitrogens with two attached hydrogens (primary N) is 1. The first-order chi connectivity index (χ1) is 9.90. The number of hydrogen-bond acceptors (Lipinski definition) is 5. The minimum absolute atomic E-state index is 0.0139. The van der Waals surface area contributed by atoms with Crippen molar-refractivity contribution in [3.05, 3.63) is 33.9 Å². The molecule has 0 bridgehead atoms. The predicted octanol–water partition coefficient (Wildman–Crippen LogP) is 1.34. The molecule has 1 amide bonds. The Morgan fingerprint density at radius 2 is 2.24 bits per heavy atom. The van der Waals surface area contributed by atoms with Gasteiger partial charge in [0.05, 0.1) is 4.92 Å². The lowest BCUT2D eigenvalue weighted by molar-refractivity contribution is -0.383. The van der Waals surface area contributed by atoms with Gasteiger partial charge in [-0.3, -0.25) is 14.9 Å². The van der Waals surface area contributed by atoms with Crippen molar-refractivity contribution in [3.8, 4) is 0 Å². The van der Waals surface area contributed by atoms with Crippen LogP contribution in [0.15, 0.2) is 18.2 Å². The number of likely N-dealkylation sites (tertiary alicyclic amines) is 1. The van der Waals surface area contributed by atoms with Crippen LogP contribution in [0.5, 0.6) is 0 Å². The predicted molar refractivity (Wildman–Crippen MR) is 80.1 cm³/mol. The first kappa shape index (κ1) is 15.2. The summed E-state index contributed by atoms with van der Waals surface area (Å²) in [6.07, 6.45) is 2.02. The number of nitrogen functional groups attached to an aromatic ring is 1. The highest BCUT2D eigenvalue weighted by atomic mass is 16.6. The van der Waals surface area contributed by atoms with Gasteiger partial charge in [0.25, 0.3) is 11.6 Å². The molecule has 0 saturated carbocycles. The molecule has 0 spiro atoms. The Balaban J connectivity index is 2.15. The number of carbonyl (C=O) groups is 1. The molecule has 7 nitrogen and oxygen atoms in total. The minimum Gasteiger partial charge on any atom is -0.393 e. The van der Waals surface area contributed by atoms with E-state index in [0.29, 0.717) is 5.56 Å². The molecule has 7 heteroatoms. The number of rotatable bonds is 3. The fourth-order valence-corrected chi connectivity index (χ4v) is 2.68. The van der Waals surface area contributed by atoms with E-state index >= 15 is 0 Å². The van der Waals surface area contributed by atoms with Crippen molar-refractivity contribution in [2.24, 2.45) is 0 Å². The van der Waals surface area contributed by atoms with Gasteiger partial charge in [-0.2, -0.15) is 0 Å². The third-order valence-corrected chi connectivity index (χ3v) is 3.94. The average molecular weight is 292 g/mol. The highest BCUT2D eigenvalue weighted by Crippen LogP contribution is 2.23. The first-order valence-corrected chi connectivity index (χ1v) is 6.89. The largest absolute Gasteiger partial charge is 0.393 e. The van der Waals surface area contributed by atoms with Gasteiger partial charge in [0.15, 0.2) is 0 Å². The van der Waals surface area contributed by atoms with Gasteiger partial charge in [-0.1, -0.05) is 0 Å². The zero-order chi connectivity index (χ0) is 15.6. The molecule has 1 unspecified atom stereocenters. The van der Waals surface area contributed by atoms with Crippen molar-refractivity contribution in [2.45, 2.75) is 18.9 Å². The normalized spacial score (nSPS) is 19.2. The average Bonchev–Trinajstić information content (AvgIpc) is 2.45. The Morgan fingerprint density at radius 1 is 1.52 bits per heavy atom. The highest BCUT2D eigenvalue weighted by molar-refractivity contribution is 5.95. The van der Waals surface area contributed by atoms with Gasteiger partial charge < -0.3 is 15.5 Å². The van der Waals surface area contributed by atoms with E-state index in [1.807, 2.05) is 7.05 Å². The Hall–Kier alpha value is -2.15. The Kier molecular flexibility index (Phi) is 4.42. The zero-order valence-corrected chi connectivity index (χ0v) is 12.3. The number of nitrogens with zero attached hydrogens (tertiary/aromatic N) is 3. The number of benzene rings is 1. The number of hydrogen-bond donors (Lipinski definition) is 1. The maximum atomic E-state index is 12.5. The van der Waals surface area contributed by atoms with Crippen molar-refractivity contribution < 1.29 is 9.72 Å². The smallest absolute Gasteiger partial charge is 0.292 e. The Morgan fingerprint density at radius 3 is 2.81 bits per heavy atom. The van der Waals surface area contributed by atoms with E-state index in [-0.39, 0.29) is 23.3 Å². The number of piperidine rings is 1. The molecule has 1 aliphatic heterocycles. The lowest BCUT2D eigenvalue weighted by Gasteiger charge is -2.35. The van der Waals surface area contributed by atoms with E-state index < -0.39 is 4.92 Å². The molecule has 1 heterocycles. The van der Waals surface area contributed by atoms with Crippen LogP contribution >= 0.6 is 0 Å². The maximum Gasteiger partial charge on any atom is 0.292 e. The van der Waals surface area contributed by atoms with E-state index in [1.54, 1.807) is 11.9 Å². The standard InChI is InChI=1S/C14H20N4O3/c1-16-7-3-4-11(9-16)17(2)14(19)10-5-6-13(18(20)21)12(15)8-10/h5-6,8,11H,3-4,7,9,15H2,1-2H3. The van der Waals surface area contributed by atoms with Crippen LogP contribution in [-0.4, -0.2) is 53.9 Å². The van der Waals surface area contributed by atoms with Crippen LogP contribution < -0.4 is 5.73 Å². The molecular formula is C14H20N4O3.